The van der Waals surface area contributed by atoms with Gasteiger partial charge in [-0.1, -0.05) is 36.0 Å². The van der Waals surface area contributed by atoms with Crippen LogP contribution in [0, 0.1) is 17.5 Å². The first-order valence-corrected chi connectivity index (χ1v) is 11.0. The van der Waals surface area contributed by atoms with Crippen LogP contribution in [0.3, 0.4) is 0 Å². The van der Waals surface area contributed by atoms with Crippen molar-refractivity contribution >= 4 is 17.7 Å². The lowest BCUT2D eigenvalue weighted by Crippen LogP contribution is -2.28. The fraction of sp³-hybridized carbons (Fsp3) is 0.125. The molecule has 0 saturated heterocycles. The summed E-state index contributed by atoms with van der Waals surface area (Å²) in [7, 11) is 0. The second kappa shape index (κ2) is 9.91. The molecule has 4 rings (SSSR count). The molecular weight excluding hydrogens is 449 g/mol. The predicted molar refractivity (Wildman–Crippen MR) is 120 cm³/mol. The van der Waals surface area contributed by atoms with Gasteiger partial charge in [0.2, 0.25) is 5.91 Å². The van der Waals surface area contributed by atoms with Crippen molar-refractivity contribution in [2.45, 2.75) is 18.1 Å². The first-order chi connectivity index (χ1) is 15.9. The molecule has 1 amide bonds. The quantitative estimate of drug-likeness (QED) is 0.373. The van der Waals surface area contributed by atoms with E-state index in [0.29, 0.717) is 22.1 Å². The Morgan fingerprint density at radius 3 is 2.39 bits per heavy atom. The van der Waals surface area contributed by atoms with Crippen LogP contribution in [-0.2, 0) is 4.79 Å². The van der Waals surface area contributed by atoms with Crippen molar-refractivity contribution in [3.63, 3.8) is 0 Å². The van der Waals surface area contributed by atoms with Crippen LogP contribution in [0.2, 0.25) is 0 Å². The van der Waals surface area contributed by atoms with Crippen LogP contribution in [-0.4, -0.2) is 26.4 Å². The summed E-state index contributed by atoms with van der Waals surface area (Å²) >= 11 is 1.18. The smallest absolute Gasteiger partial charge is 0.230 e. The monoisotopic (exact) mass is 468 g/mol. The number of thioether (sulfide) groups is 1. The zero-order valence-electron chi connectivity index (χ0n) is 17.5. The van der Waals surface area contributed by atoms with Gasteiger partial charge in [-0.15, -0.1) is 10.2 Å². The Bertz CT molecular complexity index is 1260. The number of aromatic nitrogens is 3. The van der Waals surface area contributed by atoms with Crippen LogP contribution in [0.1, 0.15) is 18.5 Å². The van der Waals surface area contributed by atoms with Crippen molar-refractivity contribution in [1.82, 2.24) is 20.1 Å². The van der Waals surface area contributed by atoms with E-state index in [1.54, 1.807) is 23.6 Å². The molecule has 1 heterocycles. The summed E-state index contributed by atoms with van der Waals surface area (Å²) in [6.07, 6.45) is 0. The molecule has 0 fully saturated rings. The van der Waals surface area contributed by atoms with Gasteiger partial charge in [-0.3, -0.25) is 9.36 Å². The lowest BCUT2D eigenvalue weighted by molar-refractivity contribution is -0.119. The van der Waals surface area contributed by atoms with E-state index in [1.807, 2.05) is 30.3 Å². The molecule has 168 valence electrons. The zero-order chi connectivity index (χ0) is 23.4. The van der Waals surface area contributed by atoms with Crippen molar-refractivity contribution in [2.24, 2.45) is 0 Å². The van der Waals surface area contributed by atoms with Gasteiger partial charge >= 0.3 is 0 Å². The molecule has 0 aliphatic carbocycles. The highest BCUT2D eigenvalue weighted by Crippen LogP contribution is 2.28. The van der Waals surface area contributed by atoms with Crippen LogP contribution in [0.4, 0.5) is 13.2 Å². The van der Waals surface area contributed by atoms with E-state index >= 15 is 0 Å². The molecule has 0 bridgehead atoms. The number of carbonyl (C=O) groups is 1. The minimum Gasteiger partial charge on any atom is -0.349 e. The average molecular weight is 469 g/mol. The van der Waals surface area contributed by atoms with Crippen molar-refractivity contribution in [1.29, 1.82) is 0 Å². The van der Waals surface area contributed by atoms with Gasteiger partial charge in [0.1, 0.15) is 5.82 Å². The lowest BCUT2D eigenvalue weighted by atomic mass is 10.1. The molecule has 3 aromatic carbocycles. The Morgan fingerprint density at radius 2 is 1.70 bits per heavy atom. The second-order valence-corrected chi connectivity index (χ2v) is 8.18. The number of nitrogens with zero attached hydrogens (tertiary/aromatic N) is 3. The molecule has 0 radical (unpaired) electrons. The van der Waals surface area contributed by atoms with Gasteiger partial charge in [-0.05, 0) is 61.0 Å². The summed E-state index contributed by atoms with van der Waals surface area (Å²) in [5.41, 5.74) is 1.93. The number of hydrogen-bond acceptors (Lipinski definition) is 4. The van der Waals surface area contributed by atoms with Crippen LogP contribution < -0.4 is 5.32 Å². The SMILES string of the molecule is CC(NC(=O)CSc1nnc(-c2ccc(F)cc2)n1-c1ccccc1)c1ccc(F)c(F)c1. The van der Waals surface area contributed by atoms with Crippen LogP contribution in [0.25, 0.3) is 17.1 Å². The number of hydrogen-bond donors (Lipinski definition) is 1. The molecule has 0 aliphatic heterocycles. The van der Waals surface area contributed by atoms with Gasteiger partial charge in [-0.25, -0.2) is 13.2 Å². The number of nitrogens with one attached hydrogen (secondary N) is 1. The number of carbonyl (C=O) groups excluding carboxylic acids is 1. The largest absolute Gasteiger partial charge is 0.349 e. The number of para-hydroxylation sites is 1. The normalized spacial score (nSPS) is 11.9. The van der Waals surface area contributed by atoms with Gasteiger partial charge in [-0.2, -0.15) is 0 Å². The summed E-state index contributed by atoms with van der Waals surface area (Å²) < 4.78 is 41.8. The van der Waals surface area contributed by atoms with E-state index in [1.165, 1.54) is 30.0 Å². The molecule has 9 heteroatoms. The van der Waals surface area contributed by atoms with Crippen molar-refractivity contribution < 1.29 is 18.0 Å². The van der Waals surface area contributed by atoms with Crippen molar-refractivity contribution in [2.75, 3.05) is 5.75 Å². The number of benzene rings is 3. The Balaban J connectivity index is 1.52. The van der Waals surface area contributed by atoms with Gasteiger partial charge in [0, 0.05) is 11.3 Å². The van der Waals surface area contributed by atoms with Crippen LogP contribution in [0.15, 0.2) is 78.0 Å². The molecule has 1 unspecified atom stereocenters. The first-order valence-electron chi connectivity index (χ1n) is 10.1. The van der Waals surface area contributed by atoms with Crippen LogP contribution in [0.5, 0.6) is 0 Å². The molecule has 1 atom stereocenters. The minimum atomic E-state index is -0.966. The summed E-state index contributed by atoms with van der Waals surface area (Å²) in [5, 5.41) is 11.7. The molecule has 1 aromatic heterocycles. The molecular formula is C24H19F3N4OS. The Labute approximate surface area is 192 Å². The van der Waals surface area contributed by atoms with Gasteiger partial charge in [0.25, 0.3) is 0 Å². The highest BCUT2D eigenvalue weighted by atomic mass is 32.2. The fourth-order valence-corrected chi connectivity index (χ4v) is 4.00. The average Bonchev–Trinajstić information content (AvgIpc) is 3.24. The third-order valence-corrected chi connectivity index (χ3v) is 5.83. The highest BCUT2D eigenvalue weighted by Gasteiger charge is 2.18. The zero-order valence-corrected chi connectivity index (χ0v) is 18.3. The van der Waals surface area contributed by atoms with E-state index in [0.717, 1.165) is 17.8 Å². The maximum Gasteiger partial charge on any atom is 0.230 e. The van der Waals surface area contributed by atoms with Crippen LogP contribution >= 0.6 is 11.8 Å². The maximum atomic E-state index is 13.5. The Morgan fingerprint density at radius 1 is 0.970 bits per heavy atom. The Hall–Kier alpha value is -3.59. The highest BCUT2D eigenvalue weighted by molar-refractivity contribution is 7.99. The third kappa shape index (κ3) is 5.25. The number of amides is 1. The van der Waals surface area contributed by atoms with E-state index in [4.69, 9.17) is 0 Å². The molecule has 1 N–H and O–H groups in total. The summed E-state index contributed by atoms with van der Waals surface area (Å²) in [6.45, 7) is 1.69. The number of rotatable bonds is 7. The summed E-state index contributed by atoms with van der Waals surface area (Å²) in [4.78, 5) is 12.5. The molecule has 0 spiro atoms. The fourth-order valence-electron chi connectivity index (χ4n) is 3.24. The number of halogens is 3. The van der Waals surface area contributed by atoms with Crippen molar-refractivity contribution in [3.8, 4) is 17.1 Å². The van der Waals surface area contributed by atoms with Crippen molar-refractivity contribution in [3.05, 3.63) is 95.8 Å². The van der Waals surface area contributed by atoms with E-state index < -0.39 is 17.7 Å². The first kappa shape index (κ1) is 22.6. The van der Waals surface area contributed by atoms with E-state index in [2.05, 4.69) is 15.5 Å². The molecule has 33 heavy (non-hydrogen) atoms. The Kier molecular flexibility index (Phi) is 6.79. The summed E-state index contributed by atoms with van der Waals surface area (Å²) in [6, 6.07) is 18.3. The molecule has 0 saturated carbocycles. The standard InChI is InChI=1S/C24H19F3N4OS/c1-15(17-9-12-20(26)21(27)13-17)28-22(32)14-33-24-30-29-23(16-7-10-18(25)11-8-16)31(24)19-5-3-2-4-6-19/h2-13,15H,14H2,1H3,(H,28,32). The minimum absolute atomic E-state index is 0.0302. The molecule has 4 aromatic rings. The topological polar surface area (TPSA) is 59.8 Å². The summed E-state index contributed by atoms with van der Waals surface area (Å²) in [5.74, 6) is -2.02. The third-order valence-electron chi connectivity index (χ3n) is 4.90. The van der Waals surface area contributed by atoms with Gasteiger partial charge in [0.15, 0.2) is 22.6 Å². The second-order valence-electron chi connectivity index (χ2n) is 7.24. The van der Waals surface area contributed by atoms with E-state index in [9.17, 15) is 18.0 Å². The lowest BCUT2D eigenvalue weighted by Gasteiger charge is -2.15. The predicted octanol–water partition coefficient (Wildman–Crippen LogP) is 5.32. The van der Waals surface area contributed by atoms with Gasteiger partial charge < -0.3 is 5.32 Å². The molecule has 5 nitrogen and oxygen atoms in total. The molecule has 0 aliphatic rings. The van der Waals surface area contributed by atoms with E-state index in [-0.39, 0.29) is 17.5 Å². The maximum absolute atomic E-state index is 13.5. The van der Waals surface area contributed by atoms with Gasteiger partial charge in [0.05, 0.1) is 11.8 Å².